The van der Waals surface area contributed by atoms with Crippen LogP contribution in [0.2, 0.25) is 10.0 Å². The zero-order valence-corrected chi connectivity index (χ0v) is 9.99. The van der Waals surface area contributed by atoms with E-state index in [0.29, 0.717) is 12.0 Å². The quantitative estimate of drug-likeness (QED) is 0.810. The lowest BCUT2D eigenvalue weighted by molar-refractivity contribution is 0.443. The zero-order chi connectivity index (χ0) is 11.8. The Morgan fingerprint density at radius 2 is 1.93 bits per heavy atom. The highest BCUT2D eigenvalue weighted by Gasteiger charge is 2.21. The summed E-state index contributed by atoms with van der Waals surface area (Å²) in [5.74, 6) is -0.680. The smallest absolute Gasteiger partial charge is 0.298 e. The third-order valence-corrected chi connectivity index (χ3v) is 3.50. The second kappa shape index (κ2) is 4.17. The Bertz CT molecular complexity index is 496. The van der Waals surface area contributed by atoms with Gasteiger partial charge in [0.1, 0.15) is 4.90 Å². The molecule has 2 N–H and O–H groups in total. The van der Waals surface area contributed by atoms with Crippen LogP contribution in [0.25, 0.3) is 0 Å². The average Bonchev–Trinajstić information content (AvgIpc) is 2.10. The molecule has 0 bridgehead atoms. The molecule has 4 nitrogen and oxygen atoms in total. The lowest BCUT2D eigenvalue weighted by Gasteiger charge is -2.09. The van der Waals surface area contributed by atoms with Crippen molar-refractivity contribution in [3.8, 4) is 5.75 Å². The minimum Gasteiger partial charge on any atom is -0.505 e. The van der Waals surface area contributed by atoms with Crippen LogP contribution in [-0.2, 0) is 16.5 Å². The van der Waals surface area contributed by atoms with Gasteiger partial charge >= 0.3 is 0 Å². The third-order valence-electron chi connectivity index (χ3n) is 1.88. The van der Waals surface area contributed by atoms with E-state index in [-0.39, 0.29) is 10.0 Å². The van der Waals surface area contributed by atoms with Crippen LogP contribution in [0.15, 0.2) is 11.0 Å². The summed E-state index contributed by atoms with van der Waals surface area (Å²) < 4.78 is 30.4. The molecule has 0 aliphatic rings. The molecule has 1 aromatic rings. The summed E-state index contributed by atoms with van der Waals surface area (Å²) in [6, 6.07) is 0.969. The summed E-state index contributed by atoms with van der Waals surface area (Å²) in [7, 11) is -4.52. The molecule has 0 aliphatic carbocycles. The maximum atomic E-state index is 10.8. The molecule has 0 unspecified atom stereocenters. The van der Waals surface area contributed by atoms with Crippen LogP contribution in [0.4, 0.5) is 0 Å². The van der Waals surface area contributed by atoms with Gasteiger partial charge in [0.25, 0.3) is 10.1 Å². The molecule has 0 heterocycles. The van der Waals surface area contributed by atoms with E-state index in [1.54, 1.807) is 6.92 Å². The number of hydrogen-bond donors (Lipinski definition) is 2. The summed E-state index contributed by atoms with van der Waals surface area (Å²) in [5.41, 5.74) is 0.434. The van der Waals surface area contributed by atoms with Crippen LogP contribution in [0.5, 0.6) is 5.75 Å². The topological polar surface area (TPSA) is 74.6 Å². The minimum absolute atomic E-state index is 0.0907. The fourth-order valence-corrected chi connectivity index (χ4v) is 2.60. The molecule has 0 spiro atoms. The van der Waals surface area contributed by atoms with Gasteiger partial charge in [0.2, 0.25) is 0 Å². The monoisotopic (exact) mass is 270 g/mol. The fraction of sp³-hybridized carbons (Fsp3) is 0.250. The number of hydrogen-bond acceptors (Lipinski definition) is 3. The lowest BCUT2D eigenvalue weighted by atomic mass is 10.1. The first kappa shape index (κ1) is 12.6. The van der Waals surface area contributed by atoms with E-state index in [1.807, 2.05) is 0 Å². The van der Waals surface area contributed by atoms with E-state index in [9.17, 15) is 13.5 Å². The largest absolute Gasteiger partial charge is 0.505 e. The molecule has 1 rings (SSSR count). The Morgan fingerprint density at radius 3 is 2.33 bits per heavy atom. The molecule has 0 aliphatic heterocycles. The molecule has 0 saturated heterocycles. The normalized spacial score (nSPS) is 11.7. The van der Waals surface area contributed by atoms with Gasteiger partial charge < -0.3 is 5.11 Å². The van der Waals surface area contributed by atoms with E-state index in [2.05, 4.69) is 0 Å². The first-order valence-corrected chi connectivity index (χ1v) is 6.16. The van der Waals surface area contributed by atoms with Crippen LogP contribution in [0, 0.1) is 0 Å². The number of rotatable bonds is 2. The Morgan fingerprint density at radius 1 is 1.40 bits per heavy atom. The van der Waals surface area contributed by atoms with E-state index in [4.69, 9.17) is 27.8 Å². The van der Waals surface area contributed by atoms with Gasteiger partial charge in [-0.25, -0.2) is 0 Å². The summed E-state index contributed by atoms with van der Waals surface area (Å²) in [5, 5.41) is 9.38. The maximum absolute atomic E-state index is 10.8. The molecular formula is C8H8Cl2O4S. The van der Waals surface area contributed by atoms with Crippen LogP contribution in [0.1, 0.15) is 12.5 Å². The molecule has 7 heteroatoms. The number of phenolic OH excluding ortho intramolecular Hbond substituents is 1. The van der Waals surface area contributed by atoms with Crippen LogP contribution >= 0.6 is 23.2 Å². The molecule has 15 heavy (non-hydrogen) atoms. The van der Waals surface area contributed by atoms with Crippen molar-refractivity contribution in [1.82, 2.24) is 0 Å². The molecular weight excluding hydrogens is 263 g/mol. The second-order valence-corrected chi connectivity index (χ2v) is 5.00. The van der Waals surface area contributed by atoms with Crippen molar-refractivity contribution in [3.05, 3.63) is 21.7 Å². The van der Waals surface area contributed by atoms with Gasteiger partial charge in [-0.15, -0.1) is 0 Å². The standard InChI is InChI=1S/C8H8Cl2O4S/c1-2-4-5(9)3-6(15(12,13)14)8(11)7(4)10/h3,11H,2H2,1H3,(H,12,13,14). The predicted molar refractivity (Wildman–Crippen MR) is 57.3 cm³/mol. The Hall–Kier alpha value is -0.490. The van der Waals surface area contributed by atoms with E-state index >= 15 is 0 Å². The summed E-state index contributed by atoms with van der Waals surface area (Å²) in [4.78, 5) is -0.685. The predicted octanol–water partition coefficient (Wildman–Crippen LogP) is 2.51. The van der Waals surface area contributed by atoms with Crippen molar-refractivity contribution in [2.24, 2.45) is 0 Å². The first-order chi connectivity index (χ1) is 6.79. The van der Waals surface area contributed by atoms with Crippen LogP contribution < -0.4 is 0 Å². The molecule has 0 aromatic heterocycles. The average molecular weight is 271 g/mol. The van der Waals surface area contributed by atoms with Gasteiger partial charge in [-0.3, -0.25) is 4.55 Å². The van der Waals surface area contributed by atoms with Crippen LogP contribution in [-0.4, -0.2) is 18.1 Å². The molecule has 0 amide bonds. The SMILES string of the molecule is CCc1c(Cl)cc(S(=O)(=O)O)c(O)c1Cl. The minimum atomic E-state index is -4.52. The molecule has 84 valence electrons. The van der Waals surface area contributed by atoms with E-state index in [1.165, 1.54) is 0 Å². The summed E-state index contributed by atoms with van der Waals surface area (Å²) in [6.45, 7) is 1.75. The van der Waals surface area contributed by atoms with E-state index in [0.717, 1.165) is 6.07 Å². The molecule has 0 radical (unpaired) electrons. The Labute approximate surface area is 97.2 Å². The number of aromatic hydroxyl groups is 1. The third kappa shape index (κ3) is 2.36. The highest BCUT2D eigenvalue weighted by atomic mass is 35.5. The number of halogens is 2. The number of phenols is 1. The number of benzene rings is 1. The van der Waals surface area contributed by atoms with E-state index < -0.39 is 20.8 Å². The summed E-state index contributed by atoms with van der Waals surface area (Å²) in [6.07, 6.45) is 0.441. The molecule has 0 fully saturated rings. The van der Waals surface area contributed by atoms with Crippen molar-refractivity contribution in [2.75, 3.05) is 0 Å². The Kier molecular flexibility index (Phi) is 3.50. The van der Waals surface area contributed by atoms with Gasteiger partial charge in [0.15, 0.2) is 5.75 Å². The molecule has 0 atom stereocenters. The van der Waals surface area contributed by atoms with Gasteiger partial charge in [-0.05, 0) is 18.1 Å². The second-order valence-electron chi connectivity index (χ2n) is 2.83. The van der Waals surface area contributed by atoms with Crippen molar-refractivity contribution >= 4 is 33.3 Å². The zero-order valence-electron chi connectivity index (χ0n) is 7.66. The van der Waals surface area contributed by atoms with Crippen molar-refractivity contribution in [3.63, 3.8) is 0 Å². The first-order valence-electron chi connectivity index (χ1n) is 3.96. The van der Waals surface area contributed by atoms with Crippen molar-refractivity contribution < 1.29 is 18.1 Å². The van der Waals surface area contributed by atoms with Gasteiger partial charge in [0.05, 0.1) is 5.02 Å². The molecule has 1 aromatic carbocycles. The van der Waals surface area contributed by atoms with Crippen molar-refractivity contribution in [2.45, 2.75) is 18.2 Å². The maximum Gasteiger partial charge on any atom is 0.298 e. The highest BCUT2D eigenvalue weighted by Crippen LogP contribution is 2.38. The van der Waals surface area contributed by atoms with Crippen LogP contribution in [0.3, 0.4) is 0 Å². The van der Waals surface area contributed by atoms with Crippen molar-refractivity contribution in [1.29, 1.82) is 0 Å². The molecule has 0 saturated carbocycles. The van der Waals surface area contributed by atoms with Gasteiger partial charge in [0, 0.05) is 5.02 Å². The fourth-order valence-electron chi connectivity index (χ4n) is 1.15. The Balaban J connectivity index is 3.62. The van der Waals surface area contributed by atoms with Gasteiger partial charge in [-0.2, -0.15) is 8.42 Å². The highest BCUT2D eigenvalue weighted by molar-refractivity contribution is 7.86. The lowest BCUT2D eigenvalue weighted by Crippen LogP contribution is -2.00. The van der Waals surface area contributed by atoms with Gasteiger partial charge in [-0.1, -0.05) is 30.1 Å². The summed E-state index contributed by atoms with van der Waals surface area (Å²) >= 11 is 11.4.